The molecule has 0 aromatic carbocycles. The van der Waals surface area contributed by atoms with Gasteiger partial charge in [0.25, 0.3) is 0 Å². The highest BCUT2D eigenvalue weighted by molar-refractivity contribution is 9.10. The smallest absolute Gasteiger partial charge is 0.226 e. The van der Waals surface area contributed by atoms with Gasteiger partial charge in [0.05, 0.1) is 15.9 Å². The summed E-state index contributed by atoms with van der Waals surface area (Å²) in [5.41, 5.74) is 1.69. The molecule has 25 heavy (non-hydrogen) atoms. The molecule has 0 N–H and O–H groups in total. The molecule has 8 heteroatoms. The van der Waals surface area contributed by atoms with Gasteiger partial charge < -0.3 is 9.80 Å². The molecule has 0 aliphatic carbocycles. The Bertz CT molecular complexity index is 833. The van der Waals surface area contributed by atoms with Crippen molar-refractivity contribution >= 4 is 27.8 Å². The fourth-order valence-corrected chi connectivity index (χ4v) is 2.94. The van der Waals surface area contributed by atoms with E-state index in [1.54, 1.807) is 24.8 Å². The van der Waals surface area contributed by atoms with Gasteiger partial charge in [-0.2, -0.15) is 0 Å². The van der Waals surface area contributed by atoms with E-state index in [-0.39, 0.29) is 0 Å². The summed E-state index contributed by atoms with van der Waals surface area (Å²) in [6.07, 6.45) is 7.10. The zero-order valence-electron chi connectivity index (χ0n) is 13.5. The first-order valence-corrected chi connectivity index (χ1v) is 8.81. The van der Waals surface area contributed by atoms with Crippen molar-refractivity contribution in [3.63, 3.8) is 0 Å². The number of anilines is 2. The summed E-state index contributed by atoms with van der Waals surface area (Å²) in [4.78, 5) is 26.5. The van der Waals surface area contributed by atoms with Crippen LogP contribution < -0.4 is 9.80 Å². The molecule has 1 saturated heterocycles. The highest BCUT2D eigenvalue weighted by Gasteiger charge is 2.21. The summed E-state index contributed by atoms with van der Waals surface area (Å²) >= 11 is 3.36. The van der Waals surface area contributed by atoms with Gasteiger partial charge in [0, 0.05) is 51.0 Å². The highest BCUT2D eigenvalue weighted by Crippen LogP contribution is 2.19. The summed E-state index contributed by atoms with van der Waals surface area (Å²) in [5, 5.41) is 0. The number of piperazine rings is 1. The Labute approximate surface area is 153 Å². The first-order valence-electron chi connectivity index (χ1n) is 8.01. The molecule has 0 atom stereocenters. The SMILES string of the molecule is Brc1cnc(N2CCN(c3nccc(-c4ccccn4)n3)CC2)nc1. The number of nitrogens with zero attached hydrogens (tertiary/aromatic N) is 7. The van der Waals surface area contributed by atoms with Crippen molar-refractivity contribution < 1.29 is 0 Å². The van der Waals surface area contributed by atoms with E-state index in [0.29, 0.717) is 0 Å². The second-order valence-corrected chi connectivity index (χ2v) is 6.55. The van der Waals surface area contributed by atoms with Crippen molar-refractivity contribution in [2.45, 2.75) is 0 Å². The van der Waals surface area contributed by atoms with Crippen LogP contribution in [0.5, 0.6) is 0 Å². The number of halogens is 1. The average Bonchev–Trinajstić information content (AvgIpc) is 2.70. The van der Waals surface area contributed by atoms with Crippen molar-refractivity contribution in [1.82, 2.24) is 24.9 Å². The van der Waals surface area contributed by atoms with E-state index in [9.17, 15) is 0 Å². The van der Waals surface area contributed by atoms with Gasteiger partial charge in [-0.05, 0) is 34.1 Å². The van der Waals surface area contributed by atoms with Gasteiger partial charge in [0.15, 0.2) is 0 Å². The normalized spacial score (nSPS) is 14.6. The van der Waals surface area contributed by atoms with Gasteiger partial charge in [-0.25, -0.2) is 19.9 Å². The molecule has 1 fully saturated rings. The van der Waals surface area contributed by atoms with Crippen molar-refractivity contribution in [3.05, 3.63) is 53.5 Å². The van der Waals surface area contributed by atoms with Crippen molar-refractivity contribution in [2.75, 3.05) is 36.0 Å². The lowest BCUT2D eigenvalue weighted by molar-refractivity contribution is 0.628. The van der Waals surface area contributed by atoms with Crippen LogP contribution in [0.4, 0.5) is 11.9 Å². The summed E-state index contributed by atoms with van der Waals surface area (Å²) in [6.45, 7) is 3.31. The van der Waals surface area contributed by atoms with E-state index < -0.39 is 0 Å². The summed E-state index contributed by atoms with van der Waals surface area (Å²) in [5.74, 6) is 1.49. The Morgan fingerprint density at radius 2 is 1.44 bits per heavy atom. The molecule has 1 aliphatic heterocycles. The quantitative estimate of drug-likeness (QED) is 0.671. The third-order valence-corrected chi connectivity index (χ3v) is 4.43. The summed E-state index contributed by atoms with van der Waals surface area (Å²) in [6, 6.07) is 7.70. The van der Waals surface area contributed by atoms with Crippen LogP contribution in [0.25, 0.3) is 11.4 Å². The molecule has 0 unspecified atom stereocenters. The minimum Gasteiger partial charge on any atom is -0.337 e. The van der Waals surface area contributed by atoms with Gasteiger partial charge >= 0.3 is 0 Å². The van der Waals surface area contributed by atoms with Crippen LogP contribution in [-0.4, -0.2) is 51.1 Å². The number of hydrogen-bond donors (Lipinski definition) is 0. The van der Waals surface area contributed by atoms with E-state index >= 15 is 0 Å². The molecule has 0 spiro atoms. The van der Waals surface area contributed by atoms with E-state index in [1.807, 2.05) is 24.3 Å². The van der Waals surface area contributed by atoms with Gasteiger partial charge in [0.2, 0.25) is 11.9 Å². The minimum absolute atomic E-state index is 0.736. The molecule has 4 heterocycles. The lowest BCUT2D eigenvalue weighted by Gasteiger charge is -2.34. The number of hydrogen-bond acceptors (Lipinski definition) is 7. The Balaban J connectivity index is 1.47. The molecule has 126 valence electrons. The third-order valence-electron chi connectivity index (χ3n) is 4.02. The number of rotatable bonds is 3. The molecule has 3 aromatic rings. The lowest BCUT2D eigenvalue weighted by atomic mass is 10.2. The molecule has 0 radical (unpaired) electrons. The molecule has 1 aliphatic rings. The predicted octanol–water partition coefficient (Wildman–Crippen LogP) is 2.42. The lowest BCUT2D eigenvalue weighted by Crippen LogP contribution is -2.47. The third kappa shape index (κ3) is 3.58. The summed E-state index contributed by atoms with van der Waals surface area (Å²) in [7, 11) is 0. The Morgan fingerprint density at radius 1 is 0.720 bits per heavy atom. The van der Waals surface area contributed by atoms with Crippen molar-refractivity contribution in [3.8, 4) is 11.4 Å². The van der Waals surface area contributed by atoms with Crippen LogP contribution in [0.1, 0.15) is 0 Å². The highest BCUT2D eigenvalue weighted by atomic mass is 79.9. The van der Waals surface area contributed by atoms with Crippen molar-refractivity contribution in [1.29, 1.82) is 0 Å². The van der Waals surface area contributed by atoms with Crippen LogP contribution in [0.3, 0.4) is 0 Å². The van der Waals surface area contributed by atoms with Gasteiger partial charge in [-0.1, -0.05) is 6.07 Å². The Kier molecular flexibility index (Phi) is 4.51. The van der Waals surface area contributed by atoms with Gasteiger partial charge in [-0.15, -0.1) is 0 Å². The Morgan fingerprint density at radius 3 is 2.12 bits per heavy atom. The Hall–Kier alpha value is -2.61. The predicted molar refractivity (Wildman–Crippen MR) is 99.4 cm³/mol. The van der Waals surface area contributed by atoms with Gasteiger partial charge in [0.1, 0.15) is 0 Å². The molecular weight excluding hydrogens is 382 g/mol. The maximum absolute atomic E-state index is 4.67. The standard InChI is InChI=1S/C17H16BrN7/c18-13-11-21-16(22-12-13)24-7-9-25(10-8-24)17-20-6-4-15(23-17)14-3-1-2-5-19-14/h1-6,11-12H,7-10H2. The van der Waals surface area contributed by atoms with E-state index in [0.717, 1.165) is 53.9 Å². The number of aromatic nitrogens is 5. The monoisotopic (exact) mass is 397 g/mol. The maximum atomic E-state index is 4.67. The van der Waals surface area contributed by atoms with Crippen LogP contribution in [0, 0.1) is 0 Å². The topological polar surface area (TPSA) is 70.9 Å². The maximum Gasteiger partial charge on any atom is 0.226 e. The first kappa shape index (κ1) is 15.9. The van der Waals surface area contributed by atoms with E-state index in [1.165, 1.54) is 0 Å². The van der Waals surface area contributed by atoms with Gasteiger partial charge in [-0.3, -0.25) is 4.98 Å². The number of pyridine rings is 1. The molecule has 7 nitrogen and oxygen atoms in total. The molecule has 4 rings (SSSR count). The largest absolute Gasteiger partial charge is 0.337 e. The van der Waals surface area contributed by atoms with Crippen LogP contribution in [0.15, 0.2) is 53.5 Å². The van der Waals surface area contributed by atoms with Crippen LogP contribution >= 0.6 is 15.9 Å². The zero-order valence-corrected chi connectivity index (χ0v) is 15.0. The molecule has 0 bridgehead atoms. The second-order valence-electron chi connectivity index (χ2n) is 5.63. The second kappa shape index (κ2) is 7.10. The minimum atomic E-state index is 0.736. The van der Waals surface area contributed by atoms with Crippen LogP contribution in [-0.2, 0) is 0 Å². The zero-order chi connectivity index (χ0) is 17.1. The van der Waals surface area contributed by atoms with E-state index in [2.05, 4.69) is 50.6 Å². The molecular formula is C17H16BrN7. The average molecular weight is 398 g/mol. The van der Waals surface area contributed by atoms with E-state index in [4.69, 9.17) is 0 Å². The molecule has 0 saturated carbocycles. The molecule has 0 amide bonds. The van der Waals surface area contributed by atoms with Crippen molar-refractivity contribution in [2.24, 2.45) is 0 Å². The molecule has 3 aromatic heterocycles. The first-order chi connectivity index (χ1) is 12.3. The van der Waals surface area contributed by atoms with Crippen LogP contribution in [0.2, 0.25) is 0 Å². The fourth-order valence-electron chi connectivity index (χ4n) is 2.73. The summed E-state index contributed by atoms with van der Waals surface area (Å²) < 4.78 is 0.884. The fraction of sp³-hybridized carbons (Fsp3) is 0.235.